The van der Waals surface area contributed by atoms with E-state index < -0.39 is 5.82 Å². The predicted molar refractivity (Wildman–Crippen MR) is 163 cm³/mol. The van der Waals surface area contributed by atoms with Gasteiger partial charge in [-0.3, -0.25) is 14.6 Å². The van der Waals surface area contributed by atoms with Crippen LogP contribution in [0.15, 0.2) is 73.1 Å². The molecule has 3 aromatic heterocycles. The van der Waals surface area contributed by atoms with Gasteiger partial charge in [-0.2, -0.15) is 0 Å². The third-order valence-corrected chi connectivity index (χ3v) is 8.03. The highest BCUT2D eigenvalue weighted by molar-refractivity contribution is 7.22. The SMILES string of the molecule is CCCNCc1cnc(-c2cc3nccc(Oc4ccc(CC(=O)CC(=O)N(C)c5ccccc5)cc4F)c3s2)n1C. The summed E-state index contributed by atoms with van der Waals surface area (Å²) >= 11 is 1.48. The molecule has 8 nitrogen and oxygen atoms in total. The van der Waals surface area contributed by atoms with Crippen LogP contribution >= 0.6 is 11.3 Å². The first-order valence-electron chi connectivity index (χ1n) is 13.7. The quantitative estimate of drug-likeness (QED) is 0.137. The van der Waals surface area contributed by atoms with E-state index in [-0.39, 0.29) is 30.3 Å². The number of fused-ring (bicyclic) bond motifs is 1. The molecule has 5 aromatic rings. The molecule has 1 N–H and O–H groups in total. The lowest BCUT2D eigenvalue weighted by Gasteiger charge is -2.16. The minimum Gasteiger partial charge on any atom is -0.453 e. The number of hydrogen-bond donors (Lipinski definition) is 1. The van der Waals surface area contributed by atoms with E-state index in [1.807, 2.05) is 37.5 Å². The van der Waals surface area contributed by atoms with Gasteiger partial charge in [0, 0.05) is 45.0 Å². The number of rotatable bonds is 12. The van der Waals surface area contributed by atoms with Gasteiger partial charge < -0.3 is 19.5 Å². The summed E-state index contributed by atoms with van der Waals surface area (Å²) in [4.78, 5) is 36.6. The normalized spacial score (nSPS) is 11.1. The van der Waals surface area contributed by atoms with Gasteiger partial charge in [-0.15, -0.1) is 11.3 Å². The summed E-state index contributed by atoms with van der Waals surface area (Å²) in [6.45, 7) is 3.80. The number of thiophene rings is 1. The van der Waals surface area contributed by atoms with E-state index in [1.54, 1.807) is 37.5 Å². The summed E-state index contributed by atoms with van der Waals surface area (Å²) in [5, 5.41) is 3.40. The number of para-hydroxylation sites is 1. The van der Waals surface area contributed by atoms with Crippen LogP contribution in [0.1, 0.15) is 31.0 Å². The number of carbonyl (C=O) groups is 2. The number of carbonyl (C=O) groups excluding carboxylic acids is 2. The summed E-state index contributed by atoms with van der Waals surface area (Å²) < 4.78 is 23.9. The molecule has 0 bridgehead atoms. The first-order valence-corrected chi connectivity index (χ1v) is 14.6. The maximum atomic E-state index is 15.1. The van der Waals surface area contributed by atoms with Crippen LogP contribution in [0.5, 0.6) is 11.5 Å². The van der Waals surface area contributed by atoms with E-state index in [2.05, 4.69) is 26.8 Å². The van der Waals surface area contributed by atoms with E-state index in [0.717, 1.165) is 46.1 Å². The fourth-order valence-electron chi connectivity index (χ4n) is 4.57. The first kappa shape index (κ1) is 29.1. The second-order valence-electron chi connectivity index (χ2n) is 9.99. The Morgan fingerprint density at radius 3 is 2.64 bits per heavy atom. The number of ketones is 1. The summed E-state index contributed by atoms with van der Waals surface area (Å²) in [5.74, 6) is 0.131. The Hall–Kier alpha value is -4.41. The molecule has 5 rings (SSSR count). The first-order chi connectivity index (χ1) is 20.3. The molecular formula is C32H32FN5O3S. The van der Waals surface area contributed by atoms with Crippen molar-refractivity contribution in [3.63, 3.8) is 0 Å². The minimum atomic E-state index is -0.594. The molecule has 0 atom stereocenters. The molecule has 0 spiro atoms. The Balaban J connectivity index is 1.27. The van der Waals surface area contributed by atoms with Gasteiger partial charge in [0.1, 0.15) is 17.4 Å². The summed E-state index contributed by atoms with van der Waals surface area (Å²) in [6, 6.07) is 17.2. The Bertz CT molecular complexity index is 1720. The molecule has 42 heavy (non-hydrogen) atoms. The number of halogens is 1. The summed E-state index contributed by atoms with van der Waals surface area (Å²) in [5.41, 5.74) is 2.98. The lowest BCUT2D eigenvalue weighted by atomic mass is 10.1. The standard InChI is InChI=1S/C32H32FN5O3S/c1-4-13-34-19-23-20-36-32(38(23)3)29-18-26-31(42-29)28(12-14-35-26)41-27-11-10-21(16-25(27)33)15-24(39)17-30(40)37(2)22-8-6-5-7-9-22/h5-12,14,16,18,20,34H,4,13,15,17,19H2,1-3H3. The summed E-state index contributed by atoms with van der Waals surface area (Å²) in [6.07, 6.45) is 4.23. The van der Waals surface area contributed by atoms with E-state index in [9.17, 15) is 9.59 Å². The van der Waals surface area contributed by atoms with Crippen molar-refractivity contribution in [2.75, 3.05) is 18.5 Å². The van der Waals surface area contributed by atoms with Crippen molar-refractivity contribution in [2.45, 2.75) is 32.7 Å². The van der Waals surface area contributed by atoms with Crippen molar-refractivity contribution in [1.29, 1.82) is 0 Å². The number of hydrogen-bond acceptors (Lipinski definition) is 7. The number of anilines is 1. The van der Waals surface area contributed by atoms with Gasteiger partial charge in [-0.1, -0.05) is 31.2 Å². The largest absolute Gasteiger partial charge is 0.453 e. The molecule has 10 heteroatoms. The fraction of sp³-hybridized carbons (Fsp3) is 0.250. The topological polar surface area (TPSA) is 89.3 Å². The van der Waals surface area contributed by atoms with Crippen LogP contribution in [0.3, 0.4) is 0 Å². The average molecular weight is 586 g/mol. The van der Waals surface area contributed by atoms with Gasteiger partial charge in [0.15, 0.2) is 11.6 Å². The zero-order valence-corrected chi connectivity index (χ0v) is 24.6. The van der Waals surface area contributed by atoms with Crippen LogP contribution in [-0.4, -0.2) is 39.8 Å². The number of ether oxygens (including phenoxy) is 1. The van der Waals surface area contributed by atoms with Crippen molar-refractivity contribution >= 4 is 38.9 Å². The molecule has 3 heterocycles. The number of nitrogens with zero attached hydrogens (tertiary/aromatic N) is 4. The van der Waals surface area contributed by atoms with Gasteiger partial charge in [0.2, 0.25) is 5.91 Å². The predicted octanol–water partition coefficient (Wildman–Crippen LogP) is 6.29. The monoisotopic (exact) mass is 585 g/mol. The third-order valence-electron chi connectivity index (χ3n) is 6.90. The Kier molecular flexibility index (Phi) is 9.04. The van der Waals surface area contributed by atoms with Gasteiger partial charge in [0.05, 0.1) is 33.4 Å². The van der Waals surface area contributed by atoms with Crippen LogP contribution in [0.25, 0.3) is 20.9 Å². The van der Waals surface area contributed by atoms with Crippen LogP contribution in [0.4, 0.5) is 10.1 Å². The van der Waals surface area contributed by atoms with Gasteiger partial charge in [-0.05, 0) is 48.9 Å². The van der Waals surface area contributed by atoms with Gasteiger partial charge in [0.25, 0.3) is 0 Å². The lowest BCUT2D eigenvalue weighted by Crippen LogP contribution is -2.28. The zero-order valence-electron chi connectivity index (χ0n) is 23.8. The van der Waals surface area contributed by atoms with E-state index >= 15 is 4.39 Å². The Morgan fingerprint density at radius 1 is 1.07 bits per heavy atom. The molecule has 0 unspecified atom stereocenters. The molecule has 0 radical (unpaired) electrons. The fourth-order valence-corrected chi connectivity index (χ4v) is 5.66. The number of Topliss-reactive ketones (excluding diaryl/α,β-unsaturated/α-hetero) is 1. The van der Waals surface area contributed by atoms with Gasteiger partial charge in [-0.25, -0.2) is 9.37 Å². The molecule has 0 aliphatic heterocycles. The average Bonchev–Trinajstić information content (AvgIpc) is 3.58. The smallest absolute Gasteiger partial charge is 0.234 e. The van der Waals surface area contributed by atoms with Crippen molar-refractivity contribution < 1.29 is 18.7 Å². The minimum absolute atomic E-state index is 0.0369. The van der Waals surface area contributed by atoms with E-state index in [0.29, 0.717) is 17.0 Å². The van der Waals surface area contributed by atoms with Crippen LogP contribution in [-0.2, 0) is 29.6 Å². The highest BCUT2D eigenvalue weighted by Crippen LogP contribution is 2.39. The molecule has 0 aliphatic rings. The number of aromatic nitrogens is 3. The van der Waals surface area contributed by atoms with Crippen molar-refractivity contribution in [1.82, 2.24) is 19.9 Å². The van der Waals surface area contributed by atoms with E-state index in [1.165, 1.54) is 28.4 Å². The molecule has 2 aromatic carbocycles. The van der Waals surface area contributed by atoms with Crippen molar-refractivity contribution in [2.24, 2.45) is 7.05 Å². The van der Waals surface area contributed by atoms with Crippen LogP contribution < -0.4 is 15.0 Å². The molecule has 0 saturated heterocycles. The lowest BCUT2D eigenvalue weighted by molar-refractivity contribution is -0.126. The zero-order chi connectivity index (χ0) is 29.6. The number of benzene rings is 2. The molecular weight excluding hydrogens is 553 g/mol. The van der Waals surface area contributed by atoms with Crippen LogP contribution in [0, 0.1) is 5.82 Å². The van der Waals surface area contributed by atoms with Crippen molar-refractivity contribution in [3.8, 4) is 22.2 Å². The highest BCUT2D eigenvalue weighted by Gasteiger charge is 2.18. The van der Waals surface area contributed by atoms with Crippen LogP contribution in [0.2, 0.25) is 0 Å². The number of pyridine rings is 1. The molecule has 1 amide bonds. The van der Waals surface area contributed by atoms with Gasteiger partial charge >= 0.3 is 0 Å². The molecule has 216 valence electrons. The number of nitrogens with one attached hydrogen (secondary N) is 1. The number of imidazole rings is 1. The second kappa shape index (κ2) is 13.1. The second-order valence-corrected chi connectivity index (χ2v) is 11.0. The summed E-state index contributed by atoms with van der Waals surface area (Å²) in [7, 11) is 3.61. The van der Waals surface area contributed by atoms with Crippen molar-refractivity contribution in [3.05, 3.63) is 90.1 Å². The Morgan fingerprint density at radius 2 is 1.88 bits per heavy atom. The molecule has 0 aliphatic carbocycles. The maximum absolute atomic E-state index is 15.1. The maximum Gasteiger partial charge on any atom is 0.234 e. The molecule has 0 saturated carbocycles. The third kappa shape index (κ3) is 6.56. The number of amides is 1. The molecule has 0 fully saturated rings. The Labute approximate surface area is 247 Å². The van der Waals surface area contributed by atoms with E-state index in [4.69, 9.17) is 4.74 Å². The highest BCUT2D eigenvalue weighted by atomic mass is 32.1.